The molecule has 1 heterocycles. The molecule has 1 atom stereocenters. The number of ether oxygens (including phenoxy) is 2. The van der Waals surface area contributed by atoms with Crippen LogP contribution >= 0.6 is 0 Å². The number of aryl methyl sites for hydroxylation is 1. The normalized spacial score (nSPS) is 14.4. The molecule has 1 unspecified atom stereocenters. The number of benzene rings is 1. The molecule has 6 nitrogen and oxygen atoms in total. The van der Waals surface area contributed by atoms with Gasteiger partial charge in [-0.1, -0.05) is 0 Å². The fraction of sp³-hybridized carbons (Fsp3) is 0.417. The van der Waals surface area contributed by atoms with E-state index in [1.165, 1.54) is 0 Å². The van der Waals surface area contributed by atoms with Crippen LogP contribution in [-0.4, -0.2) is 19.7 Å². The second-order valence-corrected chi connectivity index (χ2v) is 4.17. The molecule has 0 fully saturated rings. The molecule has 2 rings (SSSR count). The van der Waals surface area contributed by atoms with Gasteiger partial charge in [0.2, 0.25) is 12.7 Å². The Bertz CT molecular complexity index is 462. The van der Waals surface area contributed by atoms with Crippen molar-refractivity contribution in [2.75, 3.05) is 13.8 Å². The third-order valence-corrected chi connectivity index (χ3v) is 2.83. The minimum absolute atomic E-state index is 0.151. The predicted octanol–water partition coefficient (Wildman–Crippen LogP) is 0.364. The van der Waals surface area contributed by atoms with Crippen molar-refractivity contribution in [1.29, 1.82) is 0 Å². The van der Waals surface area contributed by atoms with Crippen LogP contribution in [0, 0.1) is 6.92 Å². The highest BCUT2D eigenvalue weighted by atomic mass is 16.7. The molecule has 1 aromatic carbocycles. The number of amides is 1. The molecule has 0 saturated carbocycles. The van der Waals surface area contributed by atoms with E-state index < -0.39 is 0 Å². The second kappa shape index (κ2) is 5.24. The van der Waals surface area contributed by atoms with E-state index in [1.807, 2.05) is 19.1 Å². The van der Waals surface area contributed by atoms with Gasteiger partial charge in [-0.05, 0) is 30.2 Å². The van der Waals surface area contributed by atoms with Gasteiger partial charge in [0.15, 0.2) is 11.5 Å². The number of nitrogens with two attached hydrogens (primary N) is 1. The molecule has 6 heteroatoms. The van der Waals surface area contributed by atoms with Crippen molar-refractivity contribution in [2.24, 2.45) is 5.73 Å². The molecule has 1 aromatic rings. The Hall–Kier alpha value is -1.79. The van der Waals surface area contributed by atoms with Crippen LogP contribution in [0.3, 0.4) is 0 Å². The molecule has 1 amide bonds. The largest absolute Gasteiger partial charge is 0.454 e. The van der Waals surface area contributed by atoms with Crippen LogP contribution in [0.1, 0.15) is 23.6 Å². The quantitative estimate of drug-likeness (QED) is 0.673. The summed E-state index contributed by atoms with van der Waals surface area (Å²) in [4.78, 5) is 11.5. The Morgan fingerprint density at radius 2 is 2.11 bits per heavy atom. The van der Waals surface area contributed by atoms with Crippen LogP contribution in [0.5, 0.6) is 11.5 Å². The van der Waals surface area contributed by atoms with Crippen LogP contribution in [0.4, 0.5) is 0 Å². The van der Waals surface area contributed by atoms with Gasteiger partial charge in [0.25, 0.3) is 0 Å². The zero-order chi connectivity index (χ0) is 13.1. The van der Waals surface area contributed by atoms with Gasteiger partial charge in [-0.15, -0.1) is 0 Å². The van der Waals surface area contributed by atoms with Crippen LogP contribution < -0.4 is 26.1 Å². The summed E-state index contributed by atoms with van der Waals surface area (Å²) in [6, 6.07) is 3.36. The van der Waals surface area contributed by atoms with Gasteiger partial charge >= 0.3 is 0 Å². The summed E-state index contributed by atoms with van der Waals surface area (Å²) in [6.07, 6.45) is 0.210. The number of carbonyl (C=O) groups is 1. The smallest absolute Gasteiger partial charge is 0.235 e. The van der Waals surface area contributed by atoms with Crippen LogP contribution in [0.15, 0.2) is 12.1 Å². The minimum atomic E-state index is -0.368. The highest BCUT2D eigenvalue weighted by Crippen LogP contribution is 2.36. The average molecular weight is 251 g/mol. The number of carbonyl (C=O) groups excluding carboxylic acids is 1. The van der Waals surface area contributed by atoms with Crippen molar-refractivity contribution in [3.63, 3.8) is 0 Å². The van der Waals surface area contributed by atoms with Crippen LogP contribution in [0.25, 0.3) is 0 Å². The molecule has 0 aromatic heterocycles. The summed E-state index contributed by atoms with van der Waals surface area (Å²) in [6.45, 7) is 2.17. The van der Waals surface area contributed by atoms with Crippen molar-refractivity contribution in [1.82, 2.24) is 10.9 Å². The van der Waals surface area contributed by atoms with Crippen molar-refractivity contribution >= 4 is 5.91 Å². The van der Waals surface area contributed by atoms with Crippen LogP contribution in [0.2, 0.25) is 0 Å². The van der Waals surface area contributed by atoms with E-state index >= 15 is 0 Å². The van der Waals surface area contributed by atoms with E-state index in [0.717, 1.165) is 16.9 Å². The lowest BCUT2D eigenvalue weighted by atomic mass is 9.98. The van der Waals surface area contributed by atoms with E-state index in [-0.39, 0.29) is 25.2 Å². The predicted molar refractivity (Wildman–Crippen MR) is 66.0 cm³/mol. The SMILES string of the molecule is CNNC(=O)CC(N)c1cc2c(cc1C)OCO2. The van der Waals surface area contributed by atoms with E-state index in [4.69, 9.17) is 15.2 Å². The van der Waals surface area contributed by atoms with Gasteiger partial charge in [0, 0.05) is 19.5 Å². The molecule has 0 radical (unpaired) electrons. The first-order valence-electron chi connectivity index (χ1n) is 5.73. The molecule has 1 aliphatic rings. The molecule has 18 heavy (non-hydrogen) atoms. The number of hydrazine groups is 1. The Labute approximate surface area is 105 Å². The van der Waals surface area contributed by atoms with E-state index in [0.29, 0.717) is 5.75 Å². The maximum absolute atomic E-state index is 11.5. The van der Waals surface area contributed by atoms with Gasteiger partial charge in [-0.3, -0.25) is 10.2 Å². The fourth-order valence-electron chi connectivity index (χ4n) is 1.96. The summed E-state index contributed by atoms with van der Waals surface area (Å²) in [5, 5.41) is 0. The van der Waals surface area contributed by atoms with E-state index in [9.17, 15) is 4.79 Å². The maximum Gasteiger partial charge on any atom is 0.235 e. The van der Waals surface area contributed by atoms with Crippen molar-refractivity contribution < 1.29 is 14.3 Å². The highest BCUT2D eigenvalue weighted by molar-refractivity contribution is 5.76. The van der Waals surface area contributed by atoms with Crippen molar-refractivity contribution in [3.8, 4) is 11.5 Å². The van der Waals surface area contributed by atoms with Crippen LogP contribution in [-0.2, 0) is 4.79 Å². The first kappa shape index (κ1) is 12.7. The molecular formula is C12H17N3O3. The number of fused-ring (bicyclic) bond motifs is 1. The van der Waals surface area contributed by atoms with Crippen molar-refractivity contribution in [2.45, 2.75) is 19.4 Å². The Kier molecular flexibility index (Phi) is 3.69. The Morgan fingerprint density at radius 1 is 1.44 bits per heavy atom. The zero-order valence-corrected chi connectivity index (χ0v) is 10.4. The summed E-state index contributed by atoms with van der Waals surface area (Å²) < 4.78 is 10.6. The van der Waals surface area contributed by atoms with Gasteiger partial charge < -0.3 is 15.2 Å². The topological polar surface area (TPSA) is 85.6 Å². The Morgan fingerprint density at radius 3 is 2.78 bits per heavy atom. The first-order valence-corrected chi connectivity index (χ1v) is 5.73. The highest BCUT2D eigenvalue weighted by Gasteiger charge is 2.20. The standard InChI is InChI=1S/C12H17N3O3/c1-7-3-10-11(18-6-17-10)4-8(7)9(13)5-12(16)15-14-2/h3-4,9,14H,5-6,13H2,1-2H3,(H,15,16). The van der Waals surface area contributed by atoms with Gasteiger partial charge in [0.05, 0.1) is 0 Å². The second-order valence-electron chi connectivity index (χ2n) is 4.17. The van der Waals surface area contributed by atoms with E-state index in [2.05, 4.69) is 10.9 Å². The Balaban J connectivity index is 2.15. The molecule has 1 aliphatic heterocycles. The summed E-state index contributed by atoms with van der Waals surface area (Å²) in [7, 11) is 1.63. The van der Waals surface area contributed by atoms with E-state index in [1.54, 1.807) is 7.05 Å². The lowest BCUT2D eigenvalue weighted by Gasteiger charge is -2.15. The molecule has 0 saturated heterocycles. The summed E-state index contributed by atoms with van der Waals surface area (Å²) >= 11 is 0. The number of hydrogen-bond donors (Lipinski definition) is 3. The third-order valence-electron chi connectivity index (χ3n) is 2.83. The third kappa shape index (κ3) is 2.55. The van der Waals surface area contributed by atoms with Gasteiger partial charge in [-0.2, -0.15) is 0 Å². The van der Waals surface area contributed by atoms with Gasteiger partial charge in [0.1, 0.15) is 0 Å². The number of nitrogens with one attached hydrogen (secondary N) is 2. The summed E-state index contributed by atoms with van der Waals surface area (Å²) in [5.41, 5.74) is 13.0. The molecule has 98 valence electrons. The number of rotatable bonds is 4. The molecule has 0 spiro atoms. The number of hydrogen-bond acceptors (Lipinski definition) is 5. The maximum atomic E-state index is 11.5. The zero-order valence-electron chi connectivity index (χ0n) is 10.4. The molecule has 4 N–H and O–H groups in total. The van der Waals surface area contributed by atoms with Gasteiger partial charge in [-0.25, -0.2) is 5.43 Å². The average Bonchev–Trinajstić information content (AvgIpc) is 2.74. The minimum Gasteiger partial charge on any atom is -0.454 e. The summed E-state index contributed by atoms with van der Waals surface area (Å²) in [5.74, 6) is 1.25. The van der Waals surface area contributed by atoms with Crippen molar-refractivity contribution in [3.05, 3.63) is 23.3 Å². The molecular weight excluding hydrogens is 234 g/mol. The lowest BCUT2D eigenvalue weighted by Crippen LogP contribution is -2.36. The fourth-order valence-corrected chi connectivity index (χ4v) is 1.96. The molecule has 0 bridgehead atoms. The lowest BCUT2D eigenvalue weighted by molar-refractivity contribution is -0.122. The molecule has 0 aliphatic carbocycles. The monoisotopic (exact) mass is 251 g/mol. The first-order chi connectivity index (χ1) is 8.61.